The van der Waals surface area contributed by atoms with Crippen molar-refractivity contribution in [2.24, 2.45) is 5.92 Å². The lowest BCUT2D eigenvalue weighted by Gasteiger charge is -2.34. The predicted molar refractivity (Wildman–Crippen MR) is 173 cm³/mol. The molecule has 1 N–H and O–H groups in total. The van der Waals surface area contributed by atoms with Gasteiger partial charge in [0.2, 0.25) is 11.8 Å². The summed E-state index contributed by atoms with van der Waals surface area (Å²) in [6.07, 6.45) is 0.186. The highest BCUT2D eigenvalue weighted by atomic mass is 32.2. The lowest BCUT2D eigenvalue weighted by atomic mass is 10.0. The monoisotopic (exact) mass is 628 g/mol. The fraction of sp³-hybridized carbons (Fsp3) is 0.235. The van der Waals surface area contributed by atoms with E-state index in [0.717, 1.165) is 21.5 Å². The van der Waals surface area contributed by atoms with Crippen LogP contribution in [0.15, 0.2) is 120 Å². The number of benzene rings is 4. The summed E-state index contributed by atoms with van der Waals surface area (Å²) in [5.74, 6) is -0.861. The zero-order chi connectivity index (χ0) is 32.4. The second-order valence-corrected chi connectivity index (χ2v) is 12.8. The molecule has 10 nitrogen and oxygen atoms in total. The number of nitro benzene ring substituents is 1. The van der Waals surface area contributed by atoms with E-state index in [0.29, 0.717) is 6.54 Å². The van der Waals surface area contributed by atoms with Gasteiger partial charge in [-0.2, -0.15) is 0 Å². The van der Waals surface area contributed by atoms with Crippen molar-refractivity contribution < 1.29 is 22.9 Å². The number of anilines is 1. The molecule has 11 heteroatoms. The molecule has 0 saturated heterocycles. The largest absolute Gasteiger partial charge is 0.354 e. The maximum absolute atomic E-state index is 14.4. The molecular weight excluding hydrogens is 592 g/mol. The molecule has 0 fully saturated rings. The van der Waals surface area contributed by atoms with Crippen molar-refractivity contribution in [3.8, 4) is 0 Å². The minimum atomic E-state index is -4.36. The molecule has 0 spiro atoms. The Balaban J connectivity index is 1.80. The van der Waals surface area contributed by atoms with Gasteiger partial charge < -0.3 is 10.2 Å². The van der Waals surface area contributed by atoms with Crippen LogP contribution in [0.4, 0.5) is 11.4 Å². The number of non-ortho nitro benzene ring substituents is 1. The normalized spacial score (nSPS) is 11.9. The molecule has 0 saturated carbocycles. The van der Waals surface area contributed by atoms with Gasteiger partial charge in [0.15, 0.2) is 0 Å². The zero-order valence-corrected chi connectivity index (χ0v) is 26.0. The average molecular weight is 629 g/mol. The summed E-state index contributed by atoms with van der Waals surface area (Å²) < 4.78 is 28.9. The number of nitrogens with one attached hydrogen (secondary N) is 1. The Kier molecular flexibility index (Phi) is 11.0. The van der Waals surface area contributed by atoms with Crippen molar-refractivity contribution in [3.63, 3.8) is 0 Å². The van der Waals surface area contributed by atoms with Crippen molar-refractivity contribution in [2.75, 3.05) is 17.4 Å². The highest BCUT2D eigenvalue weighted by molar-refractivity contribution is 7.92. The Morgan fingerprint density at radius 3 is 1.98 bits per heavy atom. The van der Waals surface area contributed by atoms with Gasteiger partial charge in [-0.25, -0.2) is 8.42 Å². The van der Waals surface area contributed by atoms with Crippen LogP contribution in [-0.2, 0) is 32.6 Å². The number of nitro groups is 1. The van der Waals surface area contributed by atoms with E-state index in [2.05, 4.69) is 5.32 Å². The summed E-state index contributed by atoms with van der Waals surface area (Å²) >= 11 is 0. The van der Waals surface area contributed by atoms with E-state index in [1.807, 2.05) is 74.5 Å². The summed E-state index contributed by atoms with van der Waals surface area (Å²) in [7, 11) is -4.36. The van der Waals surface area contributed by atoms with Crippen molar-refractivity contribution in [3.05, 3.63) is 137 Å². The molecule has 2 amide bonds. The van der Waals surface area contributed by atoms with E-state index in [1.54, 1.807) is 18.2 Å². The molecular formula is C34H36N4O6S. The van der Waals surface area contributed by atoms with Crippen LogP contribution in [0.25, 0.3) is 0 Å². The molecule has 4 aromatic rings. The highest BCUT2D eigenvalue weighted by Crippen LogP contribution is 2.28. The third-order valence-electron chi connectivity index (χ3n) is 7.09. The van der Waals surface area contributed by atoms with Gasteiger partial charge in [-0.05, 0) is 35.2 Å². The zero-order valence-electron chi connectivity index (χ0n) is 25.2. The quantitative estimate of drug-likeness (QED) is 0.151. The number of hydrogen-bond donors (Lipinski definition) is 1. The maximum atomic E-state index is 14.4. The molecule has 234 valence electrons. The summed E-state index contributed by atoms with van der Waals surface area (Å²) in [5.41, 5.74) is 1.18. The van der Waals surface area contributed by atoms with E-state index in [4.69, 9.17) is 0 Å². The Hall–Kier alpha value is -5.03. The summed E-state index contributed by atoms with van der Waals surface area (Å²) in [6, 6.07) is 30.1. The minimum absolute atomic E-state index is 0.0282. The van der Waals surface area contributed by atoms with Gasteiger partial charge in [-0.1, -0.05) is 98.8 Å². The first kappa shape index (κ1) is 32.9. The second kappa shape index (κ2) is 15.1. The van der Waals surface area contributed by atoms with Gasteiger partial charge in [0, 0.05) is 31.6 Å². The molecule has 0 aliphatic heterocycles. The van der Waals surface area contributed by atoms with Gasteiger partial charge >= 0.3 is 0 Å². The topological polar surface area (TPSA) is 130 Å². The molecule has 0 unspecified atom stereocenters. The predicted octanol–water partition coefficient (Wildman–Crippen LogP) is 5.20. The number of rotatable bonds is 14. The average Bonchev–Trinajstić information content (AvgIpc) is 3.05. The number of sulfonamides is 1. The number of carbonyl (C=O) groups is 2. The first-order valence-electron chi connectivity index (χ1n) is 14.5. The van der Waals surface area contributed by atoms with Crippen LogP contribution in [0.1, 0.15) is 25.0 Å². The van der Waals surface area contributed by atoms with E-state index < -0.39 is 33.4 Å². The van der Waals surface area contributed by atoms with Crippen molar-refractivity contribution in [1.29, 1.82) is 0 Å². The van der Waals surface area contributed by atoms with Gasteiger partial charge in [-0.3, -0.25) is 24.0 Å². The second-order valence-electron chi connectivity index (χ2n) is 11.0. The molecule has 0 heterocycles. The number of amides is 2. The molecule has 0 aromatic heterocycles. The standard InChI is InChI=1S/C34H36N4O6S/c1-26(2)23-35-34(40)32(21-27-13-6-3-7-14-27)36(24-28-15-8-4-9-16-28)33(39)25-37(29-17-12-18-30(22-29)38(41)42)45(43,44)31-19-10-5-11-20-31/h3-20,22,26,32H,21,23-25H2,1-2H3,(H,35,40)/t32-/m0/s1. The van der Waals surface area contributed by atoms with Crippen molar-refractivity contribution in [2.45, 2.75) is 37.8 Å². The Morgan fingerprint density at radius 1 is 0.822 bits per heavy atom. The van der Waals surface area contributed by atoms with Crippen LogP contribution < -0.4 is 9.62 Å². The lowest BCUT2D eigenvalue weighted by Crippen LogP contribution is -2.53. The van der Waals surface area contributed by atoms with Gasteiger partial charge in [-0.15, -0.1) is 0 Å². The van der Waals surface area contributed by atoms with E-state index in [1.165, 1.54) is 35.2 Å². The van der Waals surface area contributed by atoms with Crippen LogP contribution >= 0.6 is 0 Å². The highest BCUT2D eigenvalue weighted by Gasteiger charge is 2.35. The summed E-state index contributed by atoms with van der Waals surface area (Å²) in [5, 5.41) is 14.5. The molecule has 45 heavy (non-hydrogen) atoms. The molecule has 4 aromatic carbocycles. The Morgan fingerprint density at radius 2 is 1.40 bits per heavy atom. The van der Waals surface area contributed by atoms with Gasteiger partial charge in [0.05, 0.1) is 15.5 Å². The number of nitrogens with zero attached hydrogens (tertiary/aromatic N) is 3. The number of hydrogen-bond acceptors (Lipinski definition) is 6. The smallest absolute Gasteiger partial charge is 0.271 e. The van der Waals surface area contributed by atoms with Crippen LogP contribution in [0, 0.1) is 16.0 Å². The van der Waals surface area contributed by atoms with Crippen molar-refractivity contribution in [1.82, 2.24) is 10.2 Å². The molecule has 0 bridgehead atoms. The van der Waals surface area contributed by atoms with Gasteiger partial charge in [0.1, 0.15) is 12.6 Å². The van der Waals surface area contributed by atoms with Crippen LogP contribution in [0.2, 0.25) is 0 Å². The van der Waals surface area contributed by atoms with Crippen LogP contribution in [-0.4, -0.2) is 49.2 Å². The fourth-order valence-corrected chi connectivity index (χ4v) is 6.19. The first-order chi connectivity index (χ1) is 21.6. The lowest BCUT2D eigenvalue weighted by molar-refractivity contribution is -0.384. The first-order valence-corrected chi connectivity index (χ1v) is 16.0. The number of carbonyl (C=O) groups excluding carboxylic acids is 2. The Bertz CT molecular complexity index is 1700. The molecule has 0 aliphatic carbocycles. The van der Waals surface area contributed by atoms with E-state index in [9.17, 15) is 28.1 Å². The molecule has 1 atom stereocenters. The maximum Gasteiger partial charge on any atom is 0.271 e. The van der Waals surface area contributed by atoms with Gasteiger partial charge in [0.25, 0.3) is 15.7 Å². The Labute approximate surface area is 263 Å². The van der Waals surface area contributed by atoms with Crippen LogP contribution in [0.3, 0.4) is 0 Å². The molecule has 4 rings (SSSR count). The third-order valence-corrected chi connectivity index (χ3v) is 8.88. The molecule has 0 aliphatic rings. The van der Waals surface area contributed by atoms with Crippen molar-refractivity contribution >= 4 is 33.2 Å². The van der Waals surface area contributed by atoms with E-state index in [-0.39, 0.29) is 41.1 Å². The van der Waals surface area contributed by atoms with E-state index >= 15 is 0 Å². The minimum Gasteiger partial charge on any atom is -0.354 e. The summed E-state index contributed by atoms with van der Waals surface area (Å²) in [6.45, 7) is 3.64. The van der Waals surface area contributed by atoms with Crippen LogP contribution in [0.5, 0.6) is 0 Å². The SMILES string of the molecule is CC(C)CNC(=O)[C@H](Cc1ccccc1)N(Cc1ccccc1)C(=O)CN(c1cccc([N+](=O)[O-])c1)S(=O)(=O)c1ccccc1. The fourth-order valence-electron chi connectivity index (χ4n) is 4.77. The summed E-state index contributed by atoms with van der Waals surface area (Å²) in [4.78, 5) is 40.4. The molecule has 0 radical (unpaired) electrons. The third kappa shape index (κ3) is 8.76.